The van der Waals surface area contributed by atoms with E-state index in [0.717, 1.165) is 0 Å². The molecule has 0 aliphatic carbocycles. The van der Waals surface area contributed by atoms with Gasteiger partial charge in [-0.05, 0) is 7.05 Å². The molecule has 1 atom stereocenters. The molecule has 0 heterocycles. The standard InChI is InChI=1S/C9H17NO4/c1-7(2)9(12)14-5-8(10-3)4-13-6-11/h6-8,10H,4-5H2,1-3H3. The minimum atomic E-state index is -0.253. The maximum atomic E-state index is 11.1. The van der Waals surface area contributed by atoms with Crippen LogP contribution in [0.4, 0.5) is 0 Å². The molecule has 5 heteroatoms. The molecular weight excluding hydrogens is 186 g/mol. The summed E-state index contributed by atoms with van der Waals surface area (Å²) in [6.45, 7) is 4.30. The van der Waals surface area contributed by atoms with Crippen molar-refractivity contribution in [3.63, 3.8) is 0 Å². The zero-order valence-electron chi connectivity index (χ0n) is 8.78. The Balaban J connectivity index is 3.71. The van der Waals surface area contributed by atoms with E-state index in [1.807, 2.05) is 0 Å². The summed E-state index contributed by atoms with van der Waals surface area (Å²) in [7, 11) is 1.71. The summed E-state index contributed by atoms with van der Waals surface area (Å²) in [4.78, 5) is 21.0. The summed E-state index contributed by atoms with van der Waals surface area (Å²) in [6.07, 6.45) is 0. The van der Waals surface area contributed by atoms with Crippen LogP contribution in [0.1, 0.15) is 13.8 Å². The molecule has 0 aliphatic rings. The lowest BCUT2D eigenvalue weighted by Crippen LogP contribution is -2.36. The van der Waals surface area contributed by atoms with Gasteiger partial charge >= 0.3 is 5.97 Å². The Kier molecular flexibility index (Phi) is 6.74. The number of nitrogens with one attached hydrogen (secondary N) is 1. The second-order valence-corrected chi connectivity index (χ2v) is 3.20. The summed E-state index contributed by atoms with van der Waals surface area (Å²) < 4.78 is 9.50. The van der Waals surface area contributed by atoms with Crippen molar-refractivity contribution in [2.45, 2.75) is 19.9 Å². The minimum Gasteiger partial charge on any atom is -0.466 e. The SMILES string of the molecule is CNC(COC=O)COC(=O)C(C)C. The molecule has 0 saturated carbocycles. The zero-order valence-corrected chi connectivity index (χ0v) is 8.78. The van der Waals surface area contributed by atoms with Gasteiger partial charge in [-0.2, -0.15) is 0 Å². The average Bonchev–Trinajstić information content (AvgIpc) is 2.17. The van der Waals surface area contributed by atoms with Crippen LogP contribution in [0.25, 0.3) is 0 Å². The third kappa shape index (κ3) is 5.53. The van der Waals surface area contributed by atoms with E-state index in [1.54, 1.807) is 20.9 Å². The Bertz CT molecular complexity index is 182. The molecule has 1 N–H and O–H groups in total. The van der Waals surface area contributed by atoms with Crippen LogP contribution >= 0.6 is 0 Å². The van der Waals surface area contributed by atoms with Gasteiger partial charge in [0.1, 0.15) is 13.2 Å². The molecule has 0 fully saturated rings. The number of hydrogen-bond acceptors (Lipinski definition) is 5. The monoisotopic (exact) mass is 203 g/mol. The van der Waals surface area contributed by atoms with Gasteiger partial charge in [0.2, 0.25) is 0 Å². The number of rotatable bonds is 7. The lowest BCUT2D eigenvalue weighted by Gasteiger charge is -2.15. The highest BCUT2D eigenvalue weighted by Gasteiger charge is 2.12. The molecule has 0 radical (unpaired) electrons. The molecule has 0 aromatic carbocycles. The van der Waals surface area contributed by atoms with E-state index in [-0.39, 0.29) is 31.1 Å². The largest absolute Gasteiger partial charge is 0.466 e. The first-order valence-corrected chi connectivity index (χ1v) is 4.51. The van der Waals surface area contributed by atoms with Crippen molar-refractivity contribution in [1.82, 2.24) is 5.32 Å². The van der Waals surface area contributed by atoms with E-state index in [1.165, 1.54) is 0 Å². The summed E-state index contributed by atoms with van der Waals surface area (Å²) in [5.41, 5.74) is 0. The Labute approximate surface area is 83.8 Å². The van der Waals surface area contributed by atoms with Gasteiger partial charge in [-0.3, -0.25) is 9.59 Å². The van der Waals surface area contributed by atoms with Gasteiger partial charge in [0, 0.05) is 0 Å². The summed E-state index contributed by atoms with van der Waals surface area (Å²) in [5.74, 6) is -0.393. The molecule has 14 heavy (non-hydrogen) atoms. The highest BCUT2D eigenvalue weighted by Crippen LogP contribution is 1.97. The highest BCUT2D eigenvalue weighted by atomic mass is 16.5. The molecule has 0 spiro atoms. The molecule has 82 valence electrons. The second-order valence-electron chi connectivity index (χ2n) is 3.20. The van der Waals surface area contributed by atoms with Crippen molar-refractivity contribution in [1.29, 1.82) is 0 Å². The van der Waals surface area contributed by atoms with Crippen molar-refractivity contribution < 1.29 is 19.1 Å². The van der Waals surface area contributed by atoms with Gasteiger partial charge in [-0.1, -0.05) is 13.8 Å². The van der Waals surface area contributed by atoms with Gasteiger partial charge in [0.15, 0.2) is 0 Å². The minimum absolute atomic E-state index is 0.139. The van der Waals surface area contributed by atoms with Crippen LogP contribution in [0, 0.1) is 5.92 Å². The number of carbonyl (C=O) groups is 2. The fraction of sp³-hybridized carbons (Fsp3) is 0.778. The van der Waals surface area contributed by atoms with Crippen molar-refractivity contribution in [3.8, 4) is 0 Å². The van der Waals surface area contributed by atoms with Crippen LogP contribution in [0.2, 0.25) is 0 Å². The van der Waals surface area contributed by atoms with Crippen molar-refractivity contribution in [2.75, 3.05) is 20.3 Å². The molecule has 5 nitrogen and oxygen atoms in total. The number of likely N-dealkylation sites (N-methyl/N-ethyl adjacent to an activating group) is 1. The third-order valence-electron chi connectivity index (χ3n) is 1.67. The van der Waals surface area contributed by atoms with Gasteiger partial charge in [-0.25, -0.2) is 0 Å². The van der Waals surface area contributed by atoms with Crippen LogP contribution in [0.5, 0.6) is 0 Å². The normalized spacial score (nSPS) is 12.3. The van der Waals surface area contributed by atoms with Crippen LogP contribution in [-0.4, -0.2) is 38.7 Å². The maximum absolute atomic E-state index is 11.1. The van der Waals surface area contributed by atoms with Gasteiger partial charge in [0.05, 0.1) is 12.0 Å². The lowest BCUT2D eigenvalue weighted by molar-refractivity contribution is -0.148. The van der Waals surface area contributed by atoms with E-state index in [4.69, 9.17) is 4.74 Å². The van der Waals surface area contributed by atoms with Crippen LogP contribution < -0.4 is 5.32 Å². The second kappa shape index (κ2) is 7.32. The molecule has 0 bridgehead atoms. The molecule has 1 unspecified atom stereocenters. The fourth-order valence-corrected chi connectivity index (χ4v) is 0.720. The number of esters is 1. The summed E-state index contributed by atoms with van der Waals surface area (Å²) in [5, 5.41) is 2.87. The van der Waals surface area contributed by atoms with E-state index in [0.29, 0.717) is 6.47 Å². The average molecular weight is 203 g/mol. The van der Waals surface area contributed by atoms with Crippen LogP contribution in [0.3, 0.4) is 0 Å². The number of carbonyl (C=O) groups excluding carboxylic acids is 2. The predicted octanol–water partition coefficient (Wildman–Crippen LogP) is -0.0534. The number of hydrogen-bond donors (Lipinski definition) is 1. The fourth-order valence-electron chi connectivity index (χ4n) is 0.720. The molecular formula is C9H17NO4. The Morgan fingerprint density at radius 3 is 2.50 bits per heavy atom. The third-order valence-corrected chi connectivity index (χ3v) is 1.67. The van der Waals surface area contributed by atoms with Crippen LogP contribution in [-0.2, 0) is 19.1 Å². The first-order chi connectivity index (χ1) is 6.61. The van der Waals surface area contributed by atoms with Gasteiger partial charge in [0.25, 0.3) is 6.47 Å². The topological polar surface area (TPSA) is 64.6 Å². The summed E-state index contributed by atoms with van der Waals surface area (Å²) in [6, 6.07) is -0.150. The first kappa shape index (κ1) is 12.9. The smallest absolute Gasteiger partial charge is 0.308 e. The van der Waals surface area contributed by atoms with Crippen molar-refractivity contribution >= 4 is 12.4 Å². The first-order valence-electron chi connectivity index (χ1n) is 4.51. The predicted molar refractivity (Wildman–Crippen MR) is 50.7 cm³/mol. The Morgan fingerprint density at radius 2 is 2.07 bits per heavy atom. The van der Waals surface area contributed by atoms with E-state index < -0.39 is 0 Å². The zero-order chi connectivity index (χ0) is 11.0. The molecule has 0 aromatic rings. The van der Waals surface area contributed by atoms with Crippen molar-refractivity contribution in [2.24, 2.45) is 5.92 Å². The van der Waals surface area contributed by atoms with Crippen molar-refractivity contribution in [3.05, 3.63) is 0 Å². The number of ether oxygens (including phenoxy) is 2. The van der Waals surface area contributed by atoms with Gasteiger partial charge in [-0.15, -0.1) is 0 Å². The molecule has 0 aromatic heterocycles. The summed E-state index contributed by atoms with van der Waals surface area (Å²) >= 11 is 0. The van der Waals surface area contributed by atoms with E-state index >= 15 is 0 Å². The van der Waals surface area contributed by atoms with E-state index in [9.17, 15) is 9.59 Å². The molecule has 0 amide bonds. The van der Waals surface area contributed by atoms with E-state index in [2.05, 4.69) is 10.1 Å². The molecule has 0 rings (SSSR count). The van der Waals surface area contributed by atoms with Crippen LogP contribution in [0.15, 0.2) is 0 Å². The maximum Gasteiger partial charge on any atom is 0.308 e. The molecule has 0 saturated heterocycles. The molecule has 0 aliphatic heterocycles. The Morgan fingerprint density at radius 1 is 1.43 bits per heavy atom. The van der Waals surface area contributed by atoms with Gasteiger partial charge < -0.3 is 14.8 Å². The quantitative estimate of drug-likeness (QED) is 0.464. The lowest BCUT2D eigenvalue weighted by atomic mass is 10.2. The Hall–Kier alpha value is -1.10. The highest BCUT2D eigenvalue weighted by molar-refractivity contribution is 5.71.